The Labute approximate surface area is 252 Å². The van der Waals surface area contributed by atoms with Crippen molar-refractivity contribution < 1.29 is 24.2 Å². The summed E-state index contributed by atoms with van der Waals surface area (Å²) in [6, 6.07) is 9.62. The number of rotatable bonds is 18. The second-order valence-corrected chi connectivity index (χ2v) is 12.4. The molecule has 7 heteroatoms. The fourth-order valence-corrected chi connectivity index (χ4v) is 6.56. The van der Waals surface area contributed by atoms with E-state index < -0.39 is 11.5 Å². The quantitative estimate of drug-likeness (QED) is 0.150. The number of nitrogens with one attached hydrogen (secondary N) is 2. The number of aliphatic hydroxyl groups excluding tert-OH is 1. The second kappa shape index (κ2) is 17.9. The lowest BCUT2D eigenvalue weighted by Gasteiger charge is -2.30. The van der Waals surface area contributed by atoms with Gasteiger partial charge in [0.2, 0.25) is 11.8 Å². The molecule has 3 unspecified atom stereocenters. The van der Waals surface area contributed by atoms with Crippen LogP contribution in [0.15, 0.2) is 55.6 Å². The SMILES string of the molecule is C=CCCC(Cc1ccccc1)C(=O)OCC(CC1CCCCC1)NC(=O)C(CC=C)CC(=O)NC1(CO)CCCC1. The molecule has 0 aliphatic heterocycles. The zero-order valence-electron chi connectivity index (χ0n) is 25.4. The van der Waals surface area contributed by atoms with Crippen LogP contribution in [0.3, 0.4) is 0 Å². The van der Waals surface area contributed by atoms with E-state index in [2.05, 4.69) is 23.8 Å². The van der Waals surface area contributed by atoms with Crippen LogP contribution >= 0.6 is 0 Å². The monoisotopic (exact) mass is 580 g/mol. The molecule has 0 spiro atoms. The van der Waals surface area contributed by atoms with Gasteiger partial charge in [0.05, 0.1) is 30.0 Å². The van der Waals surface area contributed by atoms with Crippen LogP contribution in [0.2, 0.25) is 0 Å². The van der Waals surface area contributed by atoms with Crippen molar-refractivity contribution in [2.45, 2.75) is 108 Å². The van der Waals surface area contributed by atoms with Gasteiger partial charge in [0.15, 0.2) is 0 Å². The normalized spacial score (nSPS) is 18.8. The highest BCUT2D eigenvalue weighted by molar-refractivity contribution is 5.86. The van der Waals surface area contributed by atoms with E-state index in [9.17, 15) is 19.5 Å². The molecule has 3 N–H and O–H groups in total. The smallest absolute Gasteiger partial charge is 0.309 e. The van der Waals surface area contributed by atoms with Gasteiger partial charge in [0.25, 0.3) is 0 Å². The van der Waals surface area contributed by atoms with Gasteiger partial charge >= 0.3 is 5.97 Å². The van der Waals surface area contributed by atoms with E-state index >= 15 is 0 Å². The predicted molar refractivity (Wildman–Crippen MR) is 166 cm³/mol. The van der Waals surface area contributed by atoms with E-state index in [0.717, 1.165) is 56.9 Å². The van der Waals surface area contributed by atoms with Crippen LogP contribution in [0.25, 0.3) is 0 Å². The van der Waals surface area contributed by atoms with Crippen LogP contribution in [0, 0.1) is 17.8 Å². The number of carbonyl (C=O) groups is 3. The zero-order valence-corrected chi connectivity index (χ0v) is 25.4. The minimum atomic E-state index is -0.581. The first-order valence-corrected chi connectivity index (χ1v) is 16.0. The highest BCUT2D eigenvalue weighted by atomic mass is 16.5. The van der Waals surface area contributed by atoms with Gasteiger partial charge in [-0.3, -0.25) is 14.4 Å². The summed E-state index contributed by atoms with van der Waals surface area (Å²) in [4.78, 5) is 39.8. The Balaban J connectivity index is 1.64. The maximum atomic E-state index is 13.5. The number of benzene rings is 1. The summed E-state index contributed by atoms with van der Waals surface area (Å²) in [6.07, 6.45) is 15.8. The molecule has 2 saturated carbocycles. The lowest BCUT2D eigenvalue weighted by molar-refractivity contribution is -0.150. The first-order valence-electron chi connectivity index (χ1n) is 16.0. The minimum absolute atomic E-state index is 0.0241. The van der Waals surface area contributed by atoms with Crippen molar-refractivity contribution in [3.8, 4) is 0 Å². The lowest BCUT2D eigenvalue weighted by atomic mass is 9.84. The number of allylic oxidation sites excluding steroid dienone is 2. The summed E-state index contributed by atoms with van der Waals surface area (Å²) < 4.78 is 5.90. The van der Waals surface area contributed by atoms with Crippen LogP contribution in [0.4, 0.5) is 0 Å². The van der Waals surface area contributed by atoms with Gasteiger partial charge in [-0.25, -0.2) is 0 Å². The summed E-state index contributed by atoms with van der Waals surface area (Å²) in [7, 11) is 0. The van der Waals surface area contributed by atoms with Crippen molar-refractivity contribution in [3.05, 3.63) is 61.2 Å². The van der Waals surface area contributed by atoms with Crippen LogP contribution in [0.1, 0.15) is 95.5 Å². The van der Waals surface area contributed by atoms with Crippen molar-refractivity contribution >= 4 is 17.8 Å². The first kappa shape index (κ1) is 33.6. The van der Waals surface area contributed by atoms with E-state index in [1.54, 1.807) is 6.08 Å². The zero-order chi connectivity index (χ0) is 30.2. The summed E-state index contributed by atoms with van der Waals surface area (Å²) in [5.74, 6) is -1.10. The standard InChI is InChI=1S/C35H52N2O5/c1-3-5-19-30(22-27-15-8-6-9-16-27)34(41)42-25-31(23-28-17-10-7-11-18-28)36-33(40)29(14-4-2)24-32(39)37-35(26-38)20-12-13-21-35/h3-4,6,8-9,15-16,28-31,38H,1-2,5,7,10-14,17-26H2,(H,36,40)(H,37,39). The van der Waals surface area contributed by atoms with E-state index in [1.807, 2.05) is 36.4 Å². The summed E-state index contributed by atoms with van der Waals surface area (Å²) in [6.45, 7) is 7.64. The number of hydrogen-bond donors (Lipinski definition) is 3. The summed E-state index contributed by atoms with van der Waals surface area (Å²) in [5, 5.41) is 16.1. The predicted octanol–water partition coefficient (Wildman–Crippen LogP) is 5.81. The Kier molecular flexibility index (Phi) is 14.3. The third-order valence-electron chi connectivity index (χ3n) is 9.01. The van der Waals surface area contributed by atoms with Crippen molar-refractivity contribution in [2.24, 2.45) is 17.8 Å². The average Bonchev–Trinajstić information content (AvgIpc) is 3.47. The van der Waals surface area contributed by atoms with E-state index in [-0.39, 0.29) is 49.4 Å². The van der Waals surface area contributed by atoms with Gasteiger partial charge in [-0.1, -0.05) is 87.4 Å². The summed E-state index contributed by atoms with van der Waals surface area (Å²) >= 11 is 0. The molecule has 2 amide bonds. The molecule has 1 aromatic carbocycles. The maximum Gasteiger partial charge on any atom is 0.309 e. The van der Waals surface area contributed by atoms with Gasteiger partial charge in [-0.2, -0.15) is 0 Å². The highest BCUT2D eigenvalue weighted by Gasteiger charge is 2.36. The molecule has 3 rings (SSSR count). The van der Waals surface area contributed by atoms with E-state index in [0.29, 0.717) is 25.2 Å². The molecule has 1 aromatic rings. The Morgan fingerprint density at radius 1 is 1.00 bits per heavy atom. The molecule has 0 bridgehead atoms. The lowest BCUT2D eigenvalue weighted by Crippen LogP contribution is -2.50. The van der Waals surface area contributed by atoms with Gasteiger partial charge < -0.3 is 20.5 Å². The molecule has 0 aromatic heterocycles. The Morgan fingerprint density at radius 2 is 1.71 bits per heavy atom. The van der Waals surface area contributed by atoms with Crippen molar-refractivity contribution in [1.29, 1.82) is 0 Å². The Hall–Kier alpha value is -2.93. The third kappa shape index (κ3) is 11.0. The molecule has 2 aliphatic rings. The molecule has 7 nitrogen and oxygen atoms in total. The van der Waals surface area contributed by atoms with Crippen molar-refractivity contribution in [2.75, 3.05) is 13.2 Å². The number of hydrogen-bond acceptors (Lipinski definition) is 5. The molecule has 0 radical (unpaired) electrons. The fraction of sp³-hybridized carbons (Fsp3) is 0.629. The van der Waals surface area contributed by atoms with Crippen LogP contribution < -0.4 is 10.6 Å². The first-order chi connectivity index (χ1) is 20.4. The Bertz CT molecular complexity index is 998. The van der Waals surface area contributed by atoms with Crippen molar-refractivity contribution in [1.82, 2.24) is 10.6 Å². The third-order valence-corrected chi connectivity index (χ3v) is 9.01. The van der Waals surface area contributed by atoms with Crippen LogP contribution in [0.5, 0.6) is 0 Å². The Morgan fingerprint density at radius 3 is 2.36 bits per heavy atom. The second-order valence-electron chi connectivity index (χ2n) is 12.4. The summed E-state index contributed by atoms with van der Waals surface area (Å²) in [5.41, 5.74) is 0.507. The molecule has 232 valence electrons. The van der Waals surface area contributed by atoms with Crippen LogP contribution in [-0.2, 0) is 25.5 Å². The van der Waals surface area contributed by atoms with Gasteiger partial charge in [-0.15, -0.1) is 13.2 Å². The number of amides is 2. The van der Waals surface area contributed by atoms with Gasteiger partial charge in [0, 0.05) is 6.42 Å². The topological polar surface area (TPSA) is 105 Å². The molecule has 0 heterocycles. The molecular weight excluding hydrogens is 528 g/mol. The molecule has 3 atom stereocenters. The number of aliphatic hydroxyl groups is 1. The average molecular weight is 581 g/mol. The van der Waals surface area contributed by atoms with E-state index in [1.165, 1.54) is 19.3 Å². The minimum Gasteiger partial charge on any atom is -0.463 e. The van der Waals surface area contributed by atoms with E-state index in [4.69, 9.17) is 4.74 Å². The molecule has 42 heavy (non-hydrogen) atoms. The van der Waals surface area contributed by atoms with Gasteiger partial charge in [0.1, 0.15) is 6.61 Å². The highest BCUT2D eigenvalue weighted by Crippen LogP contribution is 2.30. The molecule has 2 aliphatic carbocycles. The number of esters is 1. The fourth-order valence-electron chi connectivity index (χ4n) is 6.56. The molecular formula is C35H52N2O5. The van der Waals surface area contributed by atoms with Crippen LogP contribution in [-0.4, -0.2) is 47.7 Å². The maximum absolute atomic E-state index is 13.5. The number of carbonyl (C=O) groups excluding carboxylic acids is 3. The number of ether oxygens (including phenoxy) is 1. The van der Waals surface area contributed by atoms with Crippen molar-refractivity contribution in [3.63, 3.8) is 0 Å². The molecule has 2 fully saturated rings. The molecule has 0 saturated heterocycles. The van der Waals surface area contributed by atoms with Gasteiger partial charge in [-0.05, 0) is 56.4 Å². The largest absolute Gasteiger partial charge is 0.463 e.